The van der Waals surface area contributed by atoms with Gasteiger partial charge in [0, 0.05) is 0 Å². The highest BCUT2D eigenvalue weighted by atomic mass is 16.1. The molecule has 0 saturated carbocycles. The average Bonchev–Trinajstić information content (AvgIpc) is 2.20. The highest BCUT2D eigenvalue weighted by Crippen LogP contribution is 2.20. The van der Waals surface area contributed by atoms with Gasteiger partial charge >= 0.3 is 0 Å². The first-order valence-electron chi connectivity index (χ1n) is 4.50. The second-order valence-electron chi connectivity index (χ2n) is 3.00. The predicted octanol–water partition coefficient (Wildman–Crippen LogP) is 3.07. The van der Waals surface area contributed by atoms with Crippen molar-refractivity contribution in [2.45, 2.75) is 20.3 Å². The van der Waals surface area contributed by atoms with Crippen LogP contribution in [-0.2, 0) is 4.79 Å². The number of carbonyl (C=O) groups is 1. The average molecular weight is 174 g/mol. The van der Waals surface area contributed by atoms with Crippen LogP contribution in [0.5, 0.6) is 0 Å². The van der Waals surface area contributed by atoms with Gasteiger partial charge in [-0.25, -0.2) is 0 Å². The van der Waals surface area contributed by atoms with E-state index >= 15 is 0 Å². The number of hydrogen-bond donors (Lipinski definition) is 0. The summed E-state index contributed by atoms with van der Waals surface area (Å²) in [4.78, 5) is 10.6. The lowest BCUT2D eigenvalue weighted by molar-refractivity contribution is -0.104. The molecule has 0 aliphatic rings. The van der Waals surface area contributed by atoms with Gasteiger partial charge in [-0.1, -0.05) is 37.3 Å². The van der Waals surface area contributed by atoms with Gasteiger partial charge in [-0.15, -0.1) is 0 Å². The second kappa shape index (κ2) is 4.61. The number of allylic oxidation sites excluding steroid dienone is 2. The number of aldehydes is 1. The quantitative estimate of drug-likeness (QED) is 0.508. The van der Waals surface area contributed by atoms with Gasteiger partial charge < -0.3 is 0 Å². The maximum Gasteiger partial charge on any atom is 0.146 e. The molecule has 0 radical (unpaired) electrons. The van der Waals surface area contributed by atoms with Crippen molar-refractivity contribution >= 4 is 11.9 Å². The Hall–Kier alpha value is -1.37. The zero-order valence-electron chi connectivity index (χ0n) is 8.08. The minimum absolute atomic E-state index is 0.828. The summed E-state index contributed by atoms with van der Waals surface area (Å²) >= 11 is 0. The van der Waals surface area contributed by atoms with E-state index in [1.54, 1.807) is 0 Å². The van der Waals surface area contributed by atoms with Crippen LogP contribution in [-0.4, -0.2) is 6.29 Å². The third-order valence-electron chi connectivity index (χ3n) is 2.13. The number of rotatable bonds is 3. The molecule has 0 N–H and O–H groups in total. The van der Waals surface area contributed by atoms with Gasteiger partial charge in [-0.05, 0) is 30.1 Å². The fourth-order valence-corrected chi connectivity index (χ4v) is 1.42. The molecule has 68 valence electrons. The first-order valence-corrected chi connectivity index (χ1v) is 4.50. The first kappa shape index (κ1) is 9.72. The Kier molecular flexibility index (Phi) is 3.44. The van der Waals surface area contributed by atoms with Crippen LogP contribution in [0.1, 0.15) is 25.8 Å². The molecule has 0 atom stereocenters. The van der Waals surface area contributed by atoms with Crippen LogP contribution in [0, 0.1) is 0 Å². The molecule has 0 aliphatic heterocycles. The van der Waals surface area contributed by atoms with Crippen molar-refractivity contribution in [3.8, 4) is 0 Å². The molecule has 0 aromatic heterocycles. The maximum atomic E-state index is 10.6. The molecule has 0 heterocycles. The Morgan fingerprint density at radius 1 is 1.31 bits per heavy atom. The Morgan fingerprint density at radius 3 is 2.38 bits per heavy atom. The van der Waals surface area contributed by atoms with E-state index in [4.69, 9.17) is 0 Å². The minimum Gasteiger partial charge on any atom is -0.298 e. The lowest BCUT2D eigenvalue weighted by Gasteiger charge is -2.05. The molecule has 1 nitrogen and oxygen atoms in total. The normalized spacial score (nSPS) is 12.2. The van der Waals surface area contributed by atoms with Gasteiger partial charge in [-0.3, -0.25) is 4.79 Å². The van der Waals surface area contributed by atoms with Crippen LogP contribution < -0.4 is 0 Å². The Balaban J connectivity index is 3.12. The molecule has 1 aromatic carbocycles. The lowest BCUT2D eigenvalue weighted by atomic mass is 9.99. The Bertz CT molecular complexity index is 309. The van der Waals surface area contributed by atoms with Crippen LogP contribution in [0.4, 0.5) is 0 Å². The van der Waals surface area contributed by atoms with Crippen molar-refractivity contribution in [1.82, 2.24) is 0 Å². The van der Waals surface area contributed by atoms with E-state index < -0.39 is 0 Å². The molecule has 0 unspecified atom stereocenters. The second-order valence-corrected chi connectivity index (χ2v) is 3.00. The van der Waals surface area contributed by atoms with Gasteiger partial charge in [0.15, 0.2) is 0 Å². The summed E-state index contributed by atoms with van der Waals surface area (Å²) in [6.45, 7) is 3.92. The summed E-state index contributed by atoms with van der Waals surface area (Å²) in [5.41, 5.74) is 3.11. The van der Waals surface area contributed by atoms with Crippen LogP contribution >= 0.6 is 0 Å². The molecule has 0 saturated heterocycles. The van der Waals surface area contributed by atoms with Crippen molar-refractivity contribution in [3.05, 3.63) is 41.5 Å². The van der Waals surface area contributed by atoms with Gasteiger partial charge in [0.2, 0.25) is 0 Å². The Morgan fingerprint density at radius 2 is 1.92 bits per heavy atom. The molecule has 0 spiro atoms. The smallest absolute Gasteiger partial charge is 0.146 e. The summed E-state index contributed by atoms with van der Waals surface area (Å²) in [6.07, 6.45) is 1.82. The number of hydrogen-bond acceptors (Lipinski definition) is 1. The van der Waals surface area contributed by atoms with E-state index in [1.165, 1.54) is 0 Å². The summed E-state index contributed by atoms with van der Waals surface area (Å²) in [7, 11) is 0. The molecule has 13 heavy (non-hydrogen) atoms. The molecule has 1 rings (SSSR count). The zero-order chi connectivity index (χ0) is 9.68. The van der Waals surface area contributed by atoms with Crippen molar-refractivity contribution in [2.75, 3.05) is 0 Å². The lowest BCUT2D eigenvalue weighted by Crippen LogP contribution is -1.88. The summed E-state index contributed by atoms with van der Waals surface area (Å²) in [5, 5.41) is 0. The van der Waals surface area contributed by atoms with Crippen molar-refractivity contribution in [1.29, 1.82) is 0 Å². The fourth-order valence-electron chi connectivity index (χ4n) is 1.42. The summed E-state index contributed by atoms with van der Waals surface area (Å²) in [6, 6.07) is 10.0. The standard InChI is InChI=1S/C12H14O/c1-3-12(10(2)9-13)11-7-5-4-6-8-11/h4-9H,3H2,1-2H3/b12-10+. The number of carbonyl (C=O) groups excluding carboxylic acids is 1. The monoisotopic (exact) mass is 174 g/mol. The van der Waals surface area contributed by atoms with Crippen molar-refractivity contribution in [3.63, 3.8) is 0 Å². The van der Waals surface area contributed by atoms with Crippen LogP contribution in [0.2, 0.25) is 0 Å². The third-order valence-corrected chi connectivity index (χ3v) is 2.13. The molecule has 1 aromatic rings. The predicted molar refractivity (Wildman–Crippen MR) is 55.4 cm³/mol. The molecule has 0 amide bonds. The van der Waals surface area contributed by atoms with E-state index in [0.29, 0.717) is 0 Å². The van der Waals surface area contributed by atoms with Crippen molar-refractivity contribution < 1.29 is 4.79 Å². The zero-order valence-corrected chi connectivity index (χ0v) is 8.08. The first-order chi connectivity index (χ1) is 6.29. The maximum absolute atomic E-state index is 10.6. The van der Waals surface area contributed by atoms with E-state index in [1.807, 2.05) is 37.3 Å². The number of benzene rings is 1. The topological polar surface area (TPSA) is 17.1 Å². The van der Waals surface area contributed by atoms with Crippen LogP contribution in [0.15, 0.2) is 35.9 Å². The van der Waals surface area contributed by atoms with Crippen LogP contribution in [0.25, 0.3) is 5.57 Å². The Labute approximate surface area is 79.1 Å². The van der Waals surface area contributed by atoms with E-state index in [9.17, 15) is 4.79 Å². The van der Waals surface area contributed by atoms with E-state index in [-0.39, 0.29) is 0 Å². The molecule has 0 fully saturated rings. The largest absolute Gasteiger partial charge is 0.298 e. The molecular formula is C12H14O. The van der Waals surface area contributed by atoms with Gasteiger partial charge in [0.05, 0.1) is 0 Å². The molecular weight excluding hydrogens is 160 g/mol. The summed E-state index contributed by atoms with van der Waals surface area (Å²) < 4.78 is 0. The van der Waals surface area contributed by atoms with Gasteiger partial charge in [0.25, 0.3) is 0 Å². The molecule has 0 aliphatic carbocycles. The SMILES string of the molecule is CC/C(=C(/C)C=O)c1ccccc1. The highest BCUT2D eigenvalue weighted by molar-refractivity contribution is 5.87. The fraction of sp³-hybridized carbons (Fsp3) is 0.250. The third kappa shape index (κ3) is 2.28. The van der Waals surface area contributed by atoms with Crippen molar-refractivity contribution in [2.24, 2.45) is 0 Å². The molecule has 1 heteroatoms. The van der Waals surface area contributed by atoms with E-state index in [0.717, 1.165) is 29.4 Å². The van der Waals surface area contributed by atoms with Gasteiger partial charge in [0.1, 0.15) is 6.29 Å². The van der Waals surface area contributed by atoms with Crippen LogP contribution in [0.3, 0.4) is 0 Å². The summed E-state index contributed by atoms with van der Waals surface area (Å²) in [5.74, 6) is 0. The molecule has 0 bridgehead atoms. The van der Waals surface area contributed by atoms with Gasteiger partial charge in [-0.2, -0.15) is 0 Å². The highest BCUT2D eigenvalue weighted by Gasteiger charge is 2.01. The minimum atomic E-state index is 0.828. The van der Waals surface area contributed by atoms with E-state index in [2.05, 4.69) is 6.92 Å².